The summed E-state index contributed by atoms with van der Waals surface area (Å²) in [6, 6.07) is 7.67. The minimum Gasteiger partial charge on any atom is -0.352 e. The van der Waals surface area contributed by atoms with Crippen LogP contribution in [0.5, 0.6) is 0 Å². The van der Waals surface area contributed by atoms with E-state index in [1.165, 1.54) is 16.1 Å². The largest absolute Gasteiger partial charge is 0.352 e. The molecule has 1 heterocycles. The van der Waals surface area contributed by atoms with Gasteiger partial charge in [-0.05, 0) is 25.5 Å². The minimum atomic E-state index is -3.62. The SMILES string of the molecule is CC[C@H](C)NC(=O)[C@@H]1CSCN1S(=O)(=O)c1ccccc1. The van der Waals surface area contributed by atoms with Crippen molar-refractivity contribution in [3.05, 3.63) is 30.3 Å². The number of amides is 1. The summed E-state index contributed by atoms with van der Waals surface area (Å²) in [4.78, 5) is 12.5. The number of carbonyl (C=O) groups is 1. The molecule has 2 rings (SSSR count). The van der Waals surface area contributed by atoms with Crippen LogP contribution in [0.3, 0.4) is 0 Å². The molecule has 116 valence electrons. The zero-order valence-corrected chi connectivity index (χ0v) is 13.8. The lowest BCUT2D eigenvalue weighted by atomic mass is 10.2. The first-order valence-corrected chi connectivity index (χ1v) is 9.51. The first-order chi connectivity index (χ1) is 9.96. The van der Waals surface area contributed by atoms with Crippen LogP contribution in [0, 0.1) is 0 Å². The highest BCUT2D eigenvalue weighted by Gasteiger charge is 2.40. The molecule has 7 heteroatoms. The maximum atomic E-state index is 12.6. The molecular formula is C14H20N2O3S2. The van der Waals surface area contributed by atoms with E-state index < -0.39 is 16.1 Å². The number of carbonyl (C=O) groups excluding carboxylic acids is 1. The molecule has 1 fully saturated rings. The van der Waals surface area contributed by atoms with Gasteiger partial charge in [-0.3, -0.25) is 4.79 Å². The topological polar surface area (TPSA) is 66.5 Å². The van der Waals surface area contributed by atoms with Crippen molar-refractivity contribution in [1.29, 1.82) is 0 Å². The molecule has 2 atom stereocenters. The van der Waals surface area contributed by atoms with Crippen LogP contribution in [0.1, 0.15) is 20.3 Å². The number of nitrogens with zero attached hydrogens (tertiary/aromatic N) is 1. The molecule has 21 heavy (non-hydrogen) atoms. The molecule has 1 aromatic carbocycles. The first kappa shape index (κ1) is 16.3. The predicted octanol–water partition coefficient (Wildman–Crippen LogP) is 1.66. The fourth-order valence-corrected chi connectivity index (χ4v) is 5.21. The maximum Gasteiger partial charge on any atom is 0.244 e. The molecule has 1 amide bonds. The third-order valence-electron chi connectivity index (χ3n) is 3.50. The van der Waals surface area contributed by atoms with Gasteiger partial charge in [0, 0.05) is 11.8 Å². The summed E-state index contributed by atoms with van der Waals surface area (Å²) in [6.45, 7) is 3.89. The fourth-order valence-electron chi connectivity index (χ4n) is 2.04. The van der Waals surface area contributed by atoms with Crippen LogP contribution >= 0.6 is 11.8 Å². The lowest BCUT2D eigenvalue weighted by molar-refractivity contribution is -0.124. The van der Waals surface area contributed by atoms with E-state index in [4.69, 9.17) is 0 Å². The van der Waals surface area contributed by atoms with Crippen molar-refractivity contribution >= 4 is 27.7 Å². The van der Waals surface area contributed by atoms with Gasteiger partial charge in [-0.25, -0.2) is 8.42 Å². The lowest BCUT2D eigenvalue weighted by Crippen LogP contribution is -2.49. The van der Waals surface area contributed by atoms with Gasteiger partial charge in [0.1, 0.15) is 6.04 Å². The summed E-state index contributed by atoms with van der Waals surface area (Å²) >= 11 is 1.46. The van der Waals surface area contributed by atoms with Gasteiger partial charge in [0.2, 0.25) is 15.9 Å². The molecule has 0 spiro atoms. The van der Waals surface area contributed by atoms with E-state index in [1.54, 1.807) is 30.3 Å². The Morgan fingerprint density at radius 3 is 2.71 bits per heavy atom. The number of rotatable bonds is 5. The Balaban J connectivity index is 2.21. The Morgan fingerprint density at radius 2 is 2.10 bits per heavy atom. The van der Waals surface area contributed by atoms with Gasteiger partial charge in [-0.1, -0.05) is 25.1 Å². The van der Waals surface area contributed by atoms with Crippen molar-refractivity contribution < 1.29 is 13.2 Å². The Morgan fingerprint density at radius 1 is 1.43 bits per heavy atom. The summed E-state index contributed by atoms with van der Waals surface area (Å²) < 4.78 is 26.6. The van der Waals surface area contributed by atoms with Crippen LogP contribution in [0.2, 0.25) is 0 Å². The van der Waals surface area contributed by atoms with E-state index in [0.717, 1.165) is 6.42 Å². The van der Waals surface area contributed by atoms with Crippen LogP contribution < -0.4 is 5.32 Å². The van der Waals surface area contributed by atoms with E-state index in [0.29, 0.717) is 11.6 Å². The third kappa shape index (κ3) is 3.59. The zero-order chi connectivity index (χ0) is 15.5. The first-order valence-electron chi connectivity index (χ1n) is 6.91. The molecule has 0 radical (unpaired) electrons. The number of benzene rings is 1. The van der Waals surface area contributed by atoms with Gasteiger partial charge in [-0.2, -0.15) is 4.31 Å². The Labute approximate surface area is 130 Å². The molecule has 0 saturated carbocycles. The smallest absolute Gasteiger partial charge is 0.244 e. The Bertz CT molecular complexity index is 589. The third-order valence-corrected chi connectivity index (χ3v) is 6.54. The van der Waals surface area contributed by atoms with Gasteiger partial charge in [0.15, 0.2) is 0 Å². The standard InChI is InChI=1S/C14H20N2O3S2/c1-3-11(2)15-14(17)13-9-20-10-16(13)21(18,19)12-7-5-4-6-8-12/h4-8,11,13H,3,9-10H2,1-2H3,(H,15,17)/t11-,13-/m0/s1. The van der Waals surface area contributed by atoms with E-state index in [1.807, 2.05) is 13.8 Å². The van der Waals surface area contributed by atoms with Crippen LogP contribution in [0.25, 0.3) is 0 Å². The molecule has 0 aromatic heterocycles. The van der Waals surface area contributed by atoms with Crippen LogP contribution in [0.15, 0.2) is 35.2 Å². The van der Waals surface area contributed by atoms with Crippen molar-refractivity contribution in [1.82, 2.24) is 9.62 Å². The molecule has 1 aliphatic heterocycles. The number of sulfonamides is 1. The average molecular weight is 328 g/mol. The van der Waals surface area contributed by atoms with Gasteiger partial charge in [0.05, 0.1) is 10.8 Å². The van der Waals surface area contributed by atoms with E-state index in [2.05, 4.69) is 5.32 Å². The Kier molecular flexibility index (Phi) is 5.29. The molecule has 0 bridgehead atoms. The van der Waals surface area contributed by atoms with Gasteiger partial charge >= 0.3 is 0 Å². The molecule has 1 aliphatic rings. The summed E-state index contributed by atoms with van der Waals surface area (Å²) in [5, 5.41) is 2.87. The molecule has 5 nitrogen and oxygen atoms in total. The predicted molar refractivity (Wildman–Crippen MR) is 84.5 cm³/mol. The fraction of sp³-hybridized carbons (Fsp3) is 0.500. The number of hydrogen-bond acceptors (Lipinski definition) is 4. The monoisotopic (exact) mass is 328 g/mol. The number of nitrogens with one attached hydrogen (secondary N) is 1. The summed E-state index contributed by atoms with van der Waals surface area (Å²) in [6.07, 6.45) is 0.817. The normalized spacial score (nSPS) is 21.1. The second-order valence-corrected chi connectivity index (χ2v) is 7.93. The molecule has 0 unspecified atom stereocenters. The Hall–Kier alpha value is -1.05. The van der Waals surface area contributed by atoms with Gasteiger partial charge < -0.3 is 5.32 Å². The summed E-state index contributed by atoms with van der Waals surface area (Å²) in [7, 11) is -3.62. The number of hydrogen-bond donors (Lipinski definition) is 1. The van der Waals surface area contributed by atoms with E-state index in [-0.39, 0.29) is 16.8 Å². The van der Waals surface area contributed by atoms with E-state index >= 15 is 0 Å². The van der Waals surface area contributed by atoms with Crippen LogP contribution in [-0.2, 0) is 14.8 Å². The minimum absolute atomic E-state index is 0.0457. The van der Waals surface area contributed by atoms with Crippen molar-refractivity contribution in [2.75, 3.05) is 11.6 Å². The molecule has 1 saturated heterocycles. The van der Waals surface area contributed by atoms with Crippen molar-refractivity contribution in [2.24, 2.45) is 0 Å². The van der Waals surface area contributed by atoms with Crippen molar-refractivity contribution in [3.63, 3.8) is 0 Å². The molecule has 1 aromatic rings. The highest BCUT2D eigenvalue weighted by atomic mass is 32.2. The van der Waals surface area contributed by atoms with Crippen LogP contribution in [0.4, 0.5) is 0 Å². The zero-order valence-electron chi connectivity index (χ0n) is 12.2. The summed E-state index contributed by atoms with van der Waals surface area (Å²) in [5.74, 6) is 0.596. The highest BCUT2D eigenvalue weighted by molar-refractivity contribution is 8.00. The second kappa shape index (κ2) is 6.81. The lowest BCUT2D eigenvalue weighted by Gasteiger charge is -2.24. The van der Waals surface area contributed by atoms with Gasteiger partial charge in [0.25, 0.3) is 0 Å². The van der Waals surface area contributed by atoms with E-state index in [9.17, 15) is 13.2 Å². The second-order valence-electron chi connectivity index (χ2n) is 5.04. The van der Waals surface area contributed by atoms with Crippen molar-refractivity contribution in [2.45, 2.75) is 37.2 Å². The van der Waals surface area contributed by atoms with Gasteiger partial charge in [-0.15, -0.1) is 11.8 Å². The maximum absolute atomic E-state index is 12.6. The molecule has 1 N–H and O–H groups in total. The van der Waals surface area contributed by atoms with Crippen LogP contribution in [-0.4, -0.2) is 42.3 Å². The molecular weight excluding hydrogens is 308 g/mol. The highest BCUT2D eigenvalue weighted by Crippen LogP contribution is 2.28. The average Bonchev–Trinajstić information content (AvgIpc) is 2.98. The quantitative estimate of drug-likeness (QED) is 0.893. The summed E-state index contributed by atoms with van der Waals surface area (Å²) in [5.41, 5.74) is 0. The number of thioether (sulfide) groups is 1. The van der Waals surface area contributed by atoms with Crippen molar-refractivity contribution in [3.8, 4) is 0 Å². The molecule has 0 aliphatic carbocycles.